The van der Waals surface area contributed by atoms with E-state index in [0.29, 0.717) is 22.8 Å². The first-order chi connectivity index (χ1) is 15.2. The van der Waals surface area contributed by atoms with Gasteiger partial charge in [0.15, 0.2) is 16.2 Å². The lowest BCUT2D eigenvalue weighted by molar-refractivity contribution is -0.0365. The number of ether oxygens (including phenoxy) is 1. The number of benzene rings is 1. The molecule has 1 aromatic carbocycles. The molecule has 1 atom stereocenters. The van der Waals surface area contributed by atoms with Gasteiger partial charge in [-0.25, -0.2) is 18.4 Å². The molecule has 1 aliphatic heterocycles. The van der Waals surface area contributed by atoms with Crippen LogP contribution in [0.1, 0.15) is 42.5 Å². The van der Waals surface area contributed by atoms with Crippen molar-refractivity contribution in [3.63, 3.8) is 0 Å². The molecule has 4 heterocycles. The zero-order valence-corrected chi connectivity index (χ0v) is 18.1. The third-order valence-corrected chi connectivity index (χ3v) is 6.95. The Kier molecular flexibility index (Phi) is 5.93. The lowest BCUT2D eigenvalue weighted by atomic mass is 10.2. The van der Waals surface area contributed by atoms with Crippen molar-refractivity contribution in [3.05, 3.63) is 53.0 Å². The predicted octanol–water partition coefficient (Wildman–Crippen LogP) is 5.88. The molecular formula is C21H19F2N5OS2. The van der Waals surface area contributed by atoms with Crippen molar-refractivity contribution in [1.82, 2.24) is 25.0 Å². The summed E-state index contributed by atoms with van der Waals surface area (Å²) in [4.78, 5) is 4.81. The Balaban J connectivity index is 1.53. The van der Waals surface area contributed by atoms with E-state index in [9.17, 15) is 8.78 Å². The van der Waals surface area contributed by atoms with Crippen LogP contribution < -0.4 is 0 Å². The predicted molar refractivity (Wildman–Crippen MR) is 116 cm³/mol. The van der Waals surface area contributed by atoms with Crippen LogP contribution >= 0.6 is 23.1 Å². The Labute approximate surface area is 185 Å². The highest BCUT2D eigenvalue weighted by molar-refractivity contribution is 7.98. The maximum absolute atomic E-state index is 13.1. The van der Waals surface area contributed by atoms with Crippen molar-refractivity contribution in [3.8, 4) is 10.7 Å². The van der Waals surface area contributed by atoms with Gasteiger partial charge in [0.2, 0.25) is 0 Å². The summed E-state index contributed by atoms with van der Waals surface area (Å²) in [6.07, 6.45) is 0.0611. The fraction of sp³-hybridized carbons (Fsp3) is 0.333. The van der Waals surface area contributed by atoms with Crippen molar-refractivity contribution in [2.24, 2.45) is 0 Å². The summed E-state index contributed by atoms with van der Waals surface area (Å²) in [5, 5.41) is 13.1. The van der Waals surface area contributed by atoms with Crippen molar-refractivity contribution in [1.29, 1.82) is 0 Å². The first-order valence-corrected chi connectivity index (χ1v) is 11.8. The molecule has 0 aliphatic carbocycles. The van der Waals surface area contributed by atoms with Crippen LogP contribution in [0.4, 0.5) is 8.78 Å². The molecule has 0 amide bonds. The second-order valence-corrected chi connectivity index (χ2v) is 9.16. The maximum Gasteiger partial charge on any atom is 0.291 e. The van der Waals surface area contributed by atoms with E-state index in [1.807, 2.05) is 35.0 Å². The van der Waals surface area contributed by atoms with E-state index in [1.54, 1.807) is 11.8 Å². The van der Waals surface area contributed by atoms with Gasteiger partial charge in [0.25, 0.3) is 6.43 Å². The number of alkyl halides is 2. The summed E-state index contributed by atoms with van der Waals surface area (Å²) in [6.45, 7) is 0.675. The number of fused-ring (bicyclic) bond motifs is 1. The molecule has 4 aromatic rings. The third-order valence-electron chi connectivity index (χ3n) is 5.02. The zero-order valence-electron chi connectivity index (χ0n) is 16.4. The van der Waals surface area contributed by atoms with Gasteiger partial charge in [0, 0.05) is 12.4 Å². The molecule has 10 heteroatoms. The molecule has 5 rings (SSSR count). The van der Waals surface area contributed by atoms with Gasteiger partial charge >= 0.3 is 0 Å². The molecule has 1 unspecified atom stereocenters. The number of rotatable bonds is 6. The Morgan fingerprint density at radius 2 is 2.00 bits per heavy atom. The van der Waals surface area contributed by atoms with Crippen LogP contribution in [0.15, 0.2) is 47.5 Å². The highest BCUT2D eigenvalue weighted by Gasteiger charge is 2.25. The van der Waals surface area contributed by atoms with Crippen molar-refractivity contribution >= 4 is 34.1 Å². The number of aromatic nitrogens is 5. The fourth-order valence-electron chi connectivity index (χ4n) is 3.51. The van der Waals surface area contributed by atoms with Gasteiger partial charge in [-0.1, -0.05) is 41.7 Å². The van der Waals surface area contributed by atoms with Gasteiger partial charge < -0.3 is 4.74 Å². The summed E-state index contributed by atoms with van der Waals surface area (Å²) < 4.78 is 33.9. The fourth-order valence-corrected chi connectivity index (χ4v) is 5.02. The molecule has 160 valence electrons. The summed E-state index contributed by atoms with van der Waals surface area (Å²) in [5.74, 6) is 0.781. The van der Waals surface area contributed by atoms with E-state index in [4.69, 9.17) is 14.8 Å². The molecule has 0 N–H and O–H groups in total. The zero-order chi connectivity index (χ0) is 21.2. The van der Waals surface area contributed by atoms with E-state index in [2.05, 4.69) is 22.3 Å². The lowest BCUT2D eigenvalue weighted by Crippen LogP contribution is -2.19. The number of hydrogen-bond acceptors (Lipinski definition) is 7. The van der Waals surface area contributed by atoms with E-state index < -0.39 is 6.43 Å². The molecule has 0 radical (unpaired) electrons. The molecule has 1 aliphatic rings. The van der Waals surface area contributed by atoms with Crippen LogP contribution in [0.25, 0.3) is 21.7 Å². The van der Waals surface area contributed by atoms with Gasteiger partial charge in [0.05, 0.1) is 10.5 Å². The van der Waals surface area contributed by atoms with Crippen LogP contribution in [0.2, 0.25) is 0 Å². The van der Waals surface area contributed by atoms with Crippen LogP contribution in [-0.4, -0.2) is 31.6 Å². The van der Waals surface area contributed by atoms with Crippen LogP contribution in [-0.2, 0) is 10.5 Å². The number of halogens is 2. The van der Waals surface area contributed by atoms with Crippen molar-refractivity contribution < 1.29 is 13.5 Å². The van der Waals surface area contributed by atoms with Crippen molar-refractivity contribution in [2.45, 2.75) is 42.7 Å². The second-order valence-electron chi connectivity index (χ2n) is 7.15. The Morgan fingerprint density at radius 3 is 2.74 bits per heavy atom. The summed E-state index contributed by atoms with van der Waals surface area (Å²) in [5.41, 5.74) is 3.10. The highest BCUT2D eigenvalue weighted by Crippen LogP contribution is 2.36. The summed E-state index contributed by atoms with van der Waals surface area (Å²) >= 11 is 2.46. The monoisotopic (exact) mass is 459 g/mol. The molecule has 0 bridgehead atoms. The molecule has 31 heavy (non-hydrogen) atoms. The van der Waals surface area contributed by atoms with Gasteiger partial charge in [-0.05, 0) is 37.0 Å². The smallest absolute Gasteiger partial charge is 0.291 e. The molecular weight excluding hydrogens is 440 g/mol. The number of pyridine rings is 1. The minimum atomic E-state index is -2.66. The van der Waals surface area contributed by atoms with Gasteiger partial charge in [-0.15, -0.1) is 22.0 Å². The van der Waals surface area contributed by atoms with Crippen LogP contribution in [0, 0.1) is 0 Å². The van der Waals surface area contributed by atoms with Gasteiger partial charge in [-0.2, -0.15) is 5.10 Å². The molecule has 0 spiro atoms. The Morgan fingerprint density at radius 1 is 1.13 bits per heavy atom. The number of hydrogen-bond donors (Lipinski definition) is 0. The van der Waals surface area contributed by atoms with E-state index >= 15 is 0 Å². The minimum absolute atomic E-state index is 0.197. The SMILES string of the molecule is FC(F)c1nnc(-c2nn(C3CCCCO3)c3ccc(SCc4ccccc4)nc23)s1. The third kappa shape index (κ3) is 4.32. The number of thioether (sulfide) groups is 1. The first-order valence-electron chi connectivity index (χ1n) is 9.98. The average Bonchev–Trinajstić information content (AvgIpc) is 3.44. The maximum atomic E-state index is 13.1. The largest absolute Gasteiger partial charge is 0.356 e. The van der Waals surface area contributed by atoms with E-state index in [-0.39, 0.29) is 11.2 Å². The molecule has 6 nitrogen and oxygen atoms in total. The van der Waals surface area contributed by atoms with Crippen molar-refractivity contribution in [2.75, 3.05) is 6.61 Å². The van der Waals surface area contributed by atoms with Crippen LogP contribution in [0.3, 0.4) is 0 Å². The summed E-state index contributed by atoms with van der Waals surface area (Å²) in [6, 6.07) is 14.1. The number of nitrogens with zero attached hydrogens (tertiary/aromatic N) is 5. The second kappa shape index (κ2) is 8.97. The Bertz CT molecular complexity index is 1180. The van der Waals surface area contributed by atoms with E-state index in [0.717, 1.165) is 46.9 Å². The van der Waals surface area contributed by atoms with Gasteiger partial charge in [0.1, 0.15) is 11.2 Å². The topological polar surface area (TPSA) is 65.7 Å². The van der Waals surface area contributed by atoms with E-state index in [1.165, 1.54) is 5.56 Å². The standard InChI is InChI=1S/C21H19F2N5OS2/c22-19(23)21-26-25-20(31-21)18-17-14(28(27-18)16-8-4-5-11-29-16)9-10-15(24-17)30-12-13-6-2-1-3-7-13/h1-3,6-7,9-10,16,19H,4-5,8,11-12H2. The molecule has 0 saturated carbocycles. The minimum Gasteiger partial charge on any atom is -0.356 e. The molecule has 3 aromatic heterocycles. The first kappa shape index (κ1) is 20.5. The summed E-state index contributed by atoms with van der Waals surface area (Å²) in [7, 11) is 0. The van der Waals surface area contributed by atoms with Crippen LogP contribution in [0.5, 0.6) is 0 Å². The molecule has 1 saturated heterocycles. The lowest BCUT2D eigenvalue weighted by Gasteiger charge is -2.23. The normalized spacial score (nSPS) is 16.9. The Hall–Kier alpha value is -2.43. The highest BCUT2D eigenvalue weighted by atomic mass is 32.2. The quantitative estimate of drug-likeness (QED) is 0.336. The van der Waals surface area contributed by atoms with Gasteiger partial charge in [-0.3, -0.25) is 0 Å². The molecule has 1 fully saturated rings. The average molecular weight is 460 g/mol.